The quantitative estimate of drug-likeness (QED) is 0.0892. The third kappa shape index (κ3) is 3.76. The van der Waals surface area contributed by atoms with Crippen LogP contribution in [0.25, 0.3) is 21.5 Å². The van der Waals surface area contributed by atoms with Crippen LogP contribution >= 0.6 is 0 Å². The van der Waals surface area contributed by atoms with Gasteiger partial charge in [0.2, 0.25) is 29.1 Å². The lowest BCUT2D eigenvalue weighted by Crippen LogP contribution is -2.52. The van der Waals surface area contributed by atoms with E-state index in [2.05, 4.69) is 20.0 Å². The van der Waals surface area contributed by atoms with Crippen LogP contribution in [0.2, 0.25) is 0 Å². The van der Waals surface area contributed by atoms with Crippen molar-refractivity contribution in [1.29, 1.82) is 0 Å². The lowest BCUT2D eigenvalue weighted by Gasteiger charge is -2.23. The fraction of sp³-hybridized carbons (Fsp3) is 0.0323. The van der Waals surface area contributed by atoms with Crippen LogP contribution in [0, 0.1) is 65.1 Å². The number of rotatable bonds is 2. The molecule has 4 bridgehead atoms. The standard InChI is InChI=1S/C31H9BF10N6O/c1-8-2-11-12(5-15(8)33)28-44-26-9-3-16(34)17(35)4-10(9)27(43-26)45-29-13-6-18(36)19(37)7-14(13)31-46-30(11)47(28)32(48(29)31)49-25-23(41)21(39)20(38)22(40)24(25)42/h2-7H,1H3. The van der Waals surface area contributed by atoms with Crippen molar-refractivity contribution >= 4 is 52.0 Å². The van der Waals surface area contributed by atoms with E-state index in [0.29, 0.717) is 6.07 Å². The molecule has 18 heteroatoms. The molecule has 4 aromatic carbocycles. The Morgan fingerprint density at radius 2 is 0.959 bits per heavy atom. The molecular formula is C31H9BF10N6O. The molecule has 0 radical (unpaired) electrons. The van der Waals surface area contributed by atoms with Crippen LogP contribution in [0.4, 0.5) is 55.5 Å². The van der Waals surface area contributed by atoms with Crippen LogP contribution in [0.3, 0.4) is 0 Å². The molecule has 0 fully saturated rings. The third-order valence-corrected chi connectivity index (χ3v) is 8.46. The number of hydrogen-bond donors (Lipinski definition) is 0. The van der Waals surface area contributed by atoms with Gasteiger partial charge >= 0.3 is 7.19 Å². The molecule has 3 aliphatic rings. The van der Waals surface area contributed by atoms with Crippen molar-refractivity contribution in [3.05, 3.63) is 122 Å². The molecule has 242 valence electrons. The van der Waals surface area contributed by atoms with Gasteiger partial charge in [-0.05, 0) is 48.9 Å². The van der Waals surface area contributed by atoms with Crippen molar-refractivity contribution in [3.8, 4) is 5.75 Å². The predicted molar refractivity (Wildman–Crippen MR) is 153 cm³/mol. The predicted octanol–water partition coefficient (Wildman–Crippen LogP) is 6.49. The highest BCUT2D eigenvalue weighted by Gasteiger charge is 2.43. The minimum absolute atomic E-state index is 0.0421. The normalized spacial score (nSPS) is 14.1. The van der Waals surface area contributed by atoms with E-state index in [-0.39, 0.29) is 67.0 Å². The Labute approximate surface area is 264 Å². The summed E-state index contributed by atoms with van der Waals surface area (Å²) in [6.07, 6.45) is 0. The molecule has 3 aliphatic heterocycles. The van der Waals surface area contributed by atoms with E-state index >= 15 is 13.2 Å². The summed E-state index contributed by atoms with van der Waals surface area (Å²) in [7, 11) is -2.10. The molecule has 0 N–H and O–H groups in total. The first-order chi connectivity index (χ1) is 23.3. The molecule has 0 unspecified atom stereocenters. The second kappa shape index (κ2) is 9.58. The number of aromatic nitrogens is 2. The summed E-state index contributed by atoms with van der Waals surface area (Å²) in [5.74, 6) is -21.0. The van der Waals surface area contributed by atoms with Crippen molar-refractivity contribution in [2.45, 2.75) is 6.92 Å². The number of aliphatic imine (C=N–C) groups is 2. The van der Waals surface area contributed by atoms with Crippen LogP contribution in [0.5, 0.6) is 5.75 Å². The number of fused-ring (bicyclic) bond motifs is 10. The lowest BCUT2D eigenvalue weighted by molar-refractivity contribution is 0.344. The average molecular weight is 682 g/mol. The first kappa shape index (κ1) is 29.2. The van der Waals surface area contributed by atoms with Gasteiger partial charge in [0.15, 0.2) is 40.7 Å². The molecule has 6 aromatic rings. The first-order valence-corrected chi connectivity index (χ1v) is 14.0. The zero-order chi connectivity index (χ0) is 34.4. The van der Waals surface area contributed by atoms with Gasteiger partial charge in [0, 0.05) is 32.7 Å². The Kier molecular flexibility index (Phi) is 5.71. The molecule has 0 atom stereocenters. The van der Waals surface area contributed by atoms with Crippen LogP contribution < -0.4 is 15.6 Å². The van der Waals surface area contributed by atoms with E-state index in [1.807, 2.05) is 0 Å². The van der Waals surface area contributed by atoms with E-state index in [0.717, 1.165) is 33.2 Å². The zero-order valence-corrected chi connectivity index (χ0v) is 23.9. The van der Waals surface area contributed by atoms with Crippen molar-refractivity contribution in [2.75, 3.05) is 0 Å². The maximum Gasteiger partial charge on any atom is 0.633 e. The van der Waals surface area contributed by atoms with Crippen LogP contribution in [0.15, 0.2) is 56.4 Å². The van der Waals surface area contributed by atoms with Crippen LogP contribution in [-0.4, -0.2) is 27.8 Å². The number of aryl methyl sites for hydroxylation is 1. The van der Waals surface area contributed by atoms with Gasteiger partial charge in [0.25, 0.3) is 0 Å². The van der Waals surface area contributed by atoms with E-state index in [4.69, 9.17) is 4.65 Å². The van der Waals surface area contributed by atoms with Gasteiger partial charge in [0.1, 0.15) is 28.4 Å². The maximum absolute atomic E-state index is 15.2. The first-order valence-electron chi connectivity index (χ1n) is 14.0. The fourth-order valence-electron chi connectivity index (χ4n) is 6.19. The van der Waals surface area contributed by atoms with Gasteiger partial charge < -0.3 is 4.65 Å². The highest BCUT2D eigenvalue weighted by molar-refractivity contribution is 6.52. The zero-order valence-electron chi connectivity index (χ0n) is 23.9. The Morgan fingerprint density at radius 1 is 0.490 bits per heavy atom. The second-order valence-corrected chi connectivity index (χ2v) is 11.2. The highest BCUT2D eigenvalue weighted by Crippen LogP contribution is 2.43. The Balaban J connectivity index is 1.52. The maximum atomic E-state index is 15.2. The van der Waals surface area contributed by atoms with E-state index in [1.165, 1.54) is 13.0 Å². The molecule has 0 saturated carbocycles. The van der Waals surface area contributed by atoms with E-state index < -0.39 is 76.6 Å². The van der Waals surface area contributed by atoms with Crippen molar-refractivity contribution in [1.82, 2.24) is 8.96 Å². The molecule has 5 heterocycles. The van der Waals surface area contributed by atoms with Gasteiger partial charge in [-0.1, -0.05) is 0 Å². The van der Waals surface area contributed by atoms with Crippen LogP contribution in [0.1, 0.15) is 16.7 Å². The van der Waals surface area contributed by atoms with Gasteiger partial charge in [0.05, 0.1) is 0 Å². The van der Waals surface area contributed by atoms with E-state index in [9.17, 15) is 30.7 Å². The number of benzene rings is 4. The molecule has 0 saturated heterocycles. The molecule has 9 rings (SSSR count). The fourth-order valence-corrected chi connectivity index (χ4v) is 6.19. The van der Waals surface area contributed by atoms with Crippen molar-refractivity contribution < 1.29 is 48.6 Å². The molecule has 49 heavy (non-hydrogen) atoms. The molecule has 0 spiro atoms. The topological polar surface area (TPSA) is 68.5 Å². The monoisotopic (exact) mass is 682 g/mol. The second-order valence-electron chi connectivity index (χ2n) is 11.2. The summed E-state index contributed by atoms with van der Waals surface area (Å²) < 4.78 is 155. The smallest absolute Gasteiger partial charge is 0.518 e. The van der Waals surface area contributed by atoms with Crippen LogP contribution in [-0.2, 0) is 0 Å². The van der Waals surface area contributed by atoms with E-state index in [1.54, 1.807) is 0 Å². The summed E-state index contributed by atoms with van der Waals surface area (Å²) in [6, 6.07) is 5.28. The Hall–Kier alpha value is -5.94. The van der Waals surface area contributed by atoms with Crippen molar-refractivity contribution in [2.24, 2.45) is 20.0 Å². The summed E-state index contributed by atoms with van der Waals surface area (Å²) in [5, 5.41) is -0.313. The number of hydrogen-bond acceptors (Lipinski definition) is 5. The molecule has 7 nitrogen and oxygen atoms in total. The summed E-state index contributed by atoms with van der Waals surface area (Å²) in [4.78, 5) is 17.8. The molecular weight excluding hydrogens is 673 g/mol. The molecule has 0 aliphatic carbocycles. The minimum Gasteiger partial charge on any atom is -0.518 e. The minimum atomic E-state index is -2.47. The lowest BCUT2D eigenvalue weighted by atomic mass is 9.98. The van der Waals surface area contributed by atoms with Gasteiger partial charge in [-0.15, -0.1) is 0 Å². The SMILES string of the molecule is Cc1cc2c3n4c(c2cc1F)N=C1N=C(N=c2c5cc(F)c(F)cc5c(n2B4Oc2c(F)c(F)c(F)c(F)c2F)=N3)c2cc(F)c(F)cc21. The number of nitrogens with zero attached hydrogens (tertiary/aromatic N) is 6. The highest BCUT2D eigenvalue weighted by atomic mass is 19.2. The average Bonchev–Trinajstić information content (AvgIpc) is 3.65. The Bertz CT molecular complexity index is 2760. The largest absolute Gasteiger partial charge is 0.633 e. The number of amidine groups is 2. The van der Waals surface area contributed by atoms with Gasteiger partial charge in [-0.2, -0.15) is 8.78 Å². The summed E-state index contributed by atoms with van der Waals surface area (Å²) >= 11 is 0. The summed E-state index contributed by atoms with van der Waals surface area (Å²) in [6.45, 7) is 1.40. The molecule has 0 amide bonds. The molecule has 2 aromatic heterocycles. The third-order valence-electron chi connectivity index (χ3n) is 8.46. The number of halogens is 10. The van der Waals surface area contributed by atoms with Crippen molar-refractivity contribution in [3.63, 3.8) is 0 Å². The summed E-state index contributed by atoms with van der Waals surface area (Å²) in [5.41, 5.74) is -0.882. The van der Waals surface area contributed by atoms with Gasteiger partial charge in [-0.3, -0.25) is 8.96 Å². The van der Waals surface area contributed by atoms with Gasteiger partial charge in [-0.25, -0.2) is 55.1 Å². The Morgan fingerprint density at radius 3 is 1.57 bits per heavy atom.